The molecule has 0 unspecified atom stereocenters. The molecule has 0 saturated carbocycles. The molecule has 0 amide bonds. The first-order chi connectivity index (χ1) is 4.43. The molecule has 0 aromatic carbocycles. The fourth-order valence-electron chi connectivity index (χ4n) is 0.629. The first kappa shape index (κ1) is 6.19. The Balaban J connectivity index is 2.30. The Labute approximate surface area is 53.7 Å². The average molecular weight is 126 g/mol. The highest BCUT2D eigenvalue weighted by Gasteiger charge is 1.92. The maximum atomic E-state index is 3.74. The summed E-state index contributed by atoms with van der Waals surface area (Å²) in [6.45, 7) is 2.14. The van der Waals surface area contributed by atoms with E-state index in [0.717, 1.165) is 18.7 Å². The van der Waals surface area contributed by atoms with Crippen LogP contribution in [0, 0.1) is 0 Å². The van der Waals surface area contributed by atoms with E-state index >= 15 is 0 Å². The molecular formula is C5H10N4. The predicted molar refractivity (Wildman–Crippen MR) is 32.8 cm³/mol. The molecule has 0 fully saturated rings. The summed E-state index contributed by atoms with van der Waals surface area (Å²) in [6, 6.07) is 0. The number of aromatic nitrogens is 4. The molecule has 0 radical (unpaired) electrons. The van der Waals surface area contributed by atoms with E-state index in [9.17, 15) is 0 Å². The first-order valence-electron chi connectivity index (χ1n) is 3.16. The minimum atomic E-state index is 0.886. The third-order valence-electron chi connectivity index (χ3n) is 1.16. The number of rotatable bonds is 3. The topological polar surface area (TPSA) is 54.5 Å². The summed E-state index contributed by atoms with van der Waals surface area (Å²) in [6.07, 6.45) is 3.29. The van der Waals surface area contributed by atoms with Crippen LogP contribution in [-0.4, -0.2) is 20.6 Å². The van der Waals surface area contributed by atoms with Gasteiger partial charge in [-0.25, -0.2) is 5.10 Å². The van der Waals surface area contributed by atoms with Crippen molar-refractivity contribution in [2.24, 2.45) is 0 Å². The molecule has 1 N–H and O–H groups in total. The van der Waals surface area contributed by atoms with Crippen LogP contribution in [0.15, 0.2) is 0 Å². The summed E-state index contributed by atoms with van der Waals surface area (Å²) in [7, 11) is 0. The van der Waals surface area contributed by atoms with Gasteiger partial charge in [-0.05, 0) is 16.8 Å². The van der Waals surface area contributed by atoms with Gasteiger partial charge in [0.2, 0.25) is 0 Å². The van der Waals surface area contributed by atoms with Crippen molar-refractivity contribution in [3.8, 4) is 0 Å². The monoisotopic (exact) mass is 126 g/mol. The van der Waals surface area contributed by atoms with Gasteiger partial charge in [0.25, 0.3) is 0 Å². The quantitative estimate of drug-likeness (QED) is 0.643. The summed E-state index contributed by atoms with van der Waals surface area (Å²) >= 11 is 0. The zero-order chi connectivity index (χ0) is 6.53. The second-order valence-corrected chi connectivity index (χ2v) is 1.95. The van der Waals surface area contributed by atoms with Crippen molar-refractivity contribution in [1.82, 2.24) is 20.6 Å². The number of nitrogens with zero attached hydrogens (tertiary/aromatic N) is 3. The average Bonchev–Trinajstić information content (AvgIpc) is 2.34. The SMILES string of the molecule is CCCCc1nnn[nH]1. The number of hydrogen-bond donors (Lipinski definition) is 1. The van der Waals surface area contributed by atoms with Gasteiger partial charge in [0.05, 0.1) is 0 Å². The lowest BCUT2D eigenvalue weighted by molar-refractivity contribution is 0.754. The standard InChI is InChI=1S/C5H10N4/c1-2-3-4-5-6-8-9-7-5/h2-4H2,1H3,(H,6,7,8,9). The first-order valence-corrected chi connectivity index (χ1v) is 3.16. The highest BCUT2D eigenvalue weighted by Crippen LogP contribution is 1.93. The number of hydrogen-bond acceptors (Lipinski definition) is 3. The maximum Gasteiger partial charge on any atom is 0.148 e. The second kappa shape index (κ2) is 3.17. The van der Waals surface area contributed by atoms with Gasteiger partial charge in [-0.3, -0.25) is 0 Å². The predicted octanol–water partition coefficient (Wildman–Crippen LogP) is 0.542. The second-order valence-electron chi connectivity index (χ2n) is 1.95. The largest absolute Gasteiger partial charge is 0.243 e. The summed E-state index contributed by atoms with van der Waals surface area (Å²) in [5, 5.41) is 13.3. The fraction of sp³-hybridized carbons (Fsp3) is 0.800. The van der Waals surface area contributed by atoms with Crippen LogP contribution >= 0.6 is 0 Å². The Hall–Kier alpha value is -0.930. The van der Waals surface area contributed by atoms with E-state index < -0.39 is 0 Å². The van der Waals surface area contributed by atoms with Gasteiger partial charge in [-0.15, -0.1) is 5.10 Å². The number of aryl methyl sites for hydroxylation is 1. The summed E-state index contributed by atoms with van der Waals surface area (Å²) < 4.78 is 0. The van der Waals surface area contributed by atoms with Gasteiger partial charge in [0.1, 0.15) is 5.82 Å². The van der Waals surface area contributed by atoms with Gasteiger partial charge < -0.3 is 0 Å². The Morgan fingerprint density at radius 2 is 2.44 bits per heavy atom. The minimum Gasteiger partial charge on any atom is -0.243 e. The molecule has 4 nitrogen and oxygen atoms in total. The van der Waals surface area contributed by atoms with Crippen molar-refractivity contribution >= 4 is 0 Å². The molecule has 1 aromatic rings. The molecule has 0 saturated heterocycles. The van der Waals surface area contributed by atoms with Crippen molar-refractivity contribution in [1.29, 1.82) is 0 Å². The molecule has 1 aromatic heterocycles. The van der Waals surface area contributed by atoms with Gasteiger partial charge in [-0.2, -0.15) is 0 Å². The van der Waals surface area contributed by atoms with E-state index in [0.29, 0.717) is 0 Å². The molecule has 1 rings (SSSR count). The normalized spacial score (nSPS) is 9.89. The Bertz CT molecular complexity index is 146. The van der Waals surface area contributed by atoms with E-state index in [-0.39, 0.29) is 0 Å². The highest BCUT2D eigenvalue weighted by atomic mass is 15.5. The van der Waals surface area contributed by atoms with Gasteiger partial charge in [0.15, 0.2) is 0 Å². The van der Waals surface area contributed by atoms with Crippen molar-refractivity contribution < 1.29 is 0 Å². The van der Waals surface area contributed by atoms with Crippen LogP contribution < -0.4 is 0 Å². The maximum absolute atomic E-state index is 3.74. The van der Waals surface area contributed by atoms with Crippen LogP contribution in [0.1, 0.15) is 25.6 Å². The molecule has 0 aliphatic heterocycles. The molecule has 4 heteroatoms. The highest BCUT2D eigenvalue weighted by molar-refractivity contribution is 4.74. The number of tetrazole rings is 1. The van der Waals surface area contributed by atoms with E-state index in [4.69, 9.17) is 0 Å². The van der Waals surface area contributed by atoms with E-state index in [1.54, 1.807) is 0 Å². The van der Waals surface area contributed by atoms with Gasteiger partial charge in [0, 0.05) is 6.42 Å². The number of nitrogens with one attached hydrogen (secondary N) is 1. The van der Waals surface area contributed by atoms with Crippen LogP contribution in [0.25, 0.3) is 0 Å². The van der Waals surface area contributed by atoms with E-state index in [2.05, 4.69) is 27.5 Å². The van der Waals surface area contributed by atoms with E-state index in [1.165, 1.54) is 6.42 Å². The number of unbranched alkanes of at least 4 members (excludes halogenated alkanes) is 1. The number of aromatic amines is 1. The van der Waals surface area contributed by atoms with Crippen molar-refractivity contribution in [2.45, 2.75) is 26.2 Å². The Morgan fingerprint density at radius 3 is 3.00 bits per heavy atom. The smallest absolute Gasteiger partial charge is 0.148 e. The molecule has 0 aliphatic carbocycles. The molecule has 0 bridgehead atoms. The van der Waals surface area contributed by atoms with Crippen LogP contribution in [0.3, 0.4) is 0 Å². The molecule has 0 atom stereocenters. The molecular weight excluding hydrogens is 116 g/mol. The van der Waals surface area contributed by atoms with Crippen molar-refractivity contribution in [3.05, 3.63) is 5.82 Å². The molecule has 1 heterocycles. The zero-order valence-electron chi connectivity index (χ0n) is 5.46. The van der Waals surface area contributed by atoms with Crippen molar-refractivity contribution in [2.75, 3.05) is 0 Å². The molecule has 50 valence electrons. The summed E-state index contributed by atoms with van der Waals surface area (Å²) in [4.78, 5) is 0. The van der Waals surface area contributed by atoms with Crippen LogP contribution in [0.4, 0.5) is 0 Å². The van der Waals surface area contributed by atoms with E-state index in [1.807, 2.05) is 0 Å². The summed E-state index contributed by atoms with van der Waals surface area (Å²) in [5.74, 6) is 0.886. The summed E-state index contributed by atoms with van der Waals surface area (Å²) in [5.41, 5.74) is 0. The van der Waals surface area contributed by atoms with Gasteiger partial charge >= 0.3 is 0 Å². The lowest BCUT2D eigenvalue weighted by Crippen LogP contribution is -1.86. The fourth-order valence-corrected chi connectivity index (χ4v) is 0.629. The van der Waals surface area contributed by atoms with Crippen LogP contribution in [0.5, 0.6) is 0 Å². The zero-order valence-corrected chi connectivity index (χ0v) is 5.46. The Kier molecular flexibility index (Phi) is 2.18. The lowest BCUT2D eigenvalue weighted by atomic mass is 10.2. The molecule has 0 spiro atoms. The van der Waals surface area contributed by atoms with Crippen LogP contribution in [0.2, 0.25) is 0 Å². The molecule has 9 heavy (non-hydrogen) atoms. The van der Waals surface area contributed by atoms with Gasteiger partial charge in [-0.1, -0.05) is 13.3 Å². The Morgan fingerprint density at radius 1 is 1.56 bits per heavy atom. The number of H-pyrrole nitrogens is 1. The molecule has 0 aliphatic rings. The minimum absolute atomic E-state index is 0.886. The van der Waals surface area contributed by atoms with Crippen LogP contribution in [-0.2, 0) is 6.42 Å². The third-order valence-corrected chi connectivity index (χ3v) is 1.16. The third kappa shape index (κ3) is 1.79. The lowest BCUT2D eigenvalue weighted by Gasteiger charge is -1.87. The van der Waals surface area contributed by atoms with Crippen molar-refractivity contribution in [3.63, 3.8) is 0 Å².